The van der Waals surface area contributed by atoms with E-state index < -0.39 is 0 Å². The van der Waals surface area contributed by atoms with Crippen molar-refractivity contribution in [2.75, 3.05) is 0 Å². The second kappa shape index (κ2) is 53.7. The Balaban J connectivity index is -0.000000414. The predicted octanol–water partition coefficient (Wildman–Crippen LogP) is 23.4. The van der Waals surface area contributed by atoms with Gasteiger partial charge in [0.2, 0.25) is 0 Å². The molecule has 0 N–H and O–H groups in total. The molecule has 0 saturated heterocycles. The first-order valence-corrected chi connectivity index (χ1v) is 31.8. The molecule has 0 bridgehead atoms. The van der Waals surface area contributed by atoms with Crippen molar-refractivity contribution < 1.29 is 0 Å². The van der Waals surface area contributed by atoms with Gasteiger partial charge in [-0.1, -0.05) is 226 Å². The molecule has 0 saturated carbocycles. The zero-order chi connectivity index (χ0) is 62.4. The summed E-state index contributed by atoms with van der Waals surface area (Å²) in [6.07, 6.45) is 15.1. The summed E-state index contributed by atoms with van der Waals surface area (Å²) in [5.41, 5.74) is 5.64. The molecule has 11 heteroatoms. The maximum absolute atomic E-state index is 4.60. The Kier molecular flexibility index (Phi) is 53.4. The number of rotatable bonds is 1. The highest BCUT2D eigenvalue weighted by molar-refractivity contribution is 7.18. The van der Waals surface area contributed by atoms with Gasteiger partial charge in [-0.2, -0.15) is 5.10 Å². The summed E-state index contributed by atoms with van der Waals surface area (Å²) in [5, 5.41) is 17.6. The van der Waals surface area contributed by atoms with Gasteiger partial charge in [-0.05, 0) is 109 Å². The summed E-state index contributed by atoms with van der Waals surface area (Å²) in [5.74, 6) is 0. The molecule has 9 aromatic heterocycles. The molecule has 0 aliphatic heterocycles. The number of imidazole rings is 1. The van der Waals surface area contributed by atoms with Crippen molar-refractivity contribution in [1.29, 1.82) is 0 Å². The summed E-state index contributed by atoms with van der Waals surface area (Å²) >= 11 is 3.58. The summed E-state index contributed by atoms with van der Waals surface area (Å²) in [6, 6.07) is 49.7. The van der Waals surface area contributed by atoms with Crippen LogP contribution < -0.4 is 0 Å². The normalized spacial score (nSPS) is 8.91. The number of pyridine rings is 3. The minimum atomic E-state index is 0.170. The molecular weight excluding hydrogens is 1030 g/mol. The lowest BCUT2D eigenvalue weighted by atomic mass is 9.98. The zero-order valence-corrected chi connectivity index (χ0v) is 56.6. The molecule has 0 unspecified atom stereocenters. The zero-order valence-electron chi connectivity index (χ0n) is 55.0. The van der Waals surface area contributed by atoms with Crippen molar-refractivity contribution in [3.63, 3.8) is 0 Å². The van der Waals surface area contributed by atoms with Crippen LogP contribution in [0.1, 0.15) is 184 Å². The number of thiophene rings is 1. The highest BCUT2D eigenvalue weighted by Gasteiger charge is 2.18. The van der Waals surface area contributed by atoms with Gasteiger partial charge in [0, 0.05) is 65.1 Å². The number of nitrogens with zero attached hydrogens (tertiary/aromatic N) is 9. The number of para-hydroxylation sites is 2. The van der Waals surface area contributed by atoms with Gasteiger partial charge in [0.1, 0.15) is 12.0 Å². The summed E-state index contributed by atoms with van der Waals surface area (Å²) < 4.78 is 10.6. The van der Waals surface area contributed by atoms with Gasteiger partial charge >= 0.3 is 0 Å². The second-order valence-corrected chi connectivity index (χ2v) is 17.1. The van der Waals surface area contributed by atoms with Crippen molar-refractivity contribution in [2.45, 2.75) is 185 Å². The van der Waals surface area contributed by atoms with Gasteiger partial charge in [0.05, 0.1) is 20.7 Å². The molecule has 0 spiro atoms. The van der Waals surface area contributed by atoms with Crippen LogP contribution in [0, 0.1) is 0 Å². The lowest BCUT2D eigenvalue weighted by Crippen LogP contribution is -2.09. The third-order valence-electron chi connectivity index (χ3n) is 9.29. The molecule has 0 atom stereocenters. The Morgan fingerprint density at radius 3 is 1.52 bits per heavy atom. The monoisotopic (exact) mass is 1140 g/mol. The minimum absolute atomic E-state index is 0.170. The molecule has 3 aromatic carbocycles. The van der Waals surface area contributed by atoms with Crippen LogP contribution >= 0.6 is 22.7 Å². The van der Waals surface area contributed by atoms with Crippen LogP contribution in [0.2, 0.25) is 0 Å². The van der Waals surface area contributed by atoms with E-state index >= 15 is 0 Å². The van der Waals surface area contributed by atoms with Gasteiger partial charge in [0.15, 0.2) is 5.65 Å². The van der Waals surface area contributed by atoms with Crippen molar-refractivity contribution in [2.24, 2.45) is 0 Å². The minimum Gasteiger partial charge on any atom is -0.345 e. The van der Waals surface area contributed by atoms with Crippen LogP contribution in [0.4, 0.5) is 0 Å². The first-order chi connectivity index (χ1) is 39.7. The van der Waals surface area contributed by atoms with E-state index in [0.717, 1.165) is 22.3 Å². The van der Waals surface area contributed by atoms with Crippen molar-refractivity contribution in [3.8, 4) is 0 Å². The van der Waals surface area contributed by atoms with E-state index in [2.05, 4.69) is 155 Å². The quantitative estimate of drug-likeness (QED) is 0.164. The van der Waals surface area contributed by atoms with E-state index in [1.807, 2.05) is 243 Å². The third-order valence-corrected chi connectivity index (χ3v) is 11.7. The molecule has 0 aliphatic carbocycles. The molecule has 9 nitrogen and oxygen atoms in total. The molecular formula is C70H109N9S2. The summed E-state index contributed by atoms with van der Waals surface area (Å²) in [6.45, 7) is 51.0. The predicted molar refractivity (Wildman–Crippen MR) is 369 cm³/mol. The number of thiazole rings is 1. The van der Waals surface area contributed by atoms with Gasteiger partial charge in [-0.15, -0.1) is 32.9 Å². The first kappa shape index (κ1) is 80.5. The van der Waals surface area contributed by atoms with Crippen LogP contribution in [0.25, 0.3) is 48.0 Å². The SMILES string of the molecule is CC.CC.CC.CC.CC.CC.CC.CC.CC.CC.CC(C)(C)c1nc2ccccc2s1.CC(C)n1ccc2ccccc21.c1ccc2sccc2c1.c1ccn2ccnc2c1.c1ccn2cnnc2c1.c1ccn2nccc2c1. The molecule has 0 amide bonds. The van der Waals surface area contributed by atoms with Crippen LogP contribution in [-0.2, 0) is 5.41 Å². The van der Waals surface area contributed by atoms with E-state index in [9.17, 15) is 0 Å². The van der Waals surface area contributed by atoms with E-state index in [4.69, 9.17) is 0 Å². The van der Waals surface area contributed by atoms with E-state index in [-0.39, 0.29) is 5.41 Å². The van der Waals surface area contributed by atoms with E-state index in [1.165, 1.54) is 30.7 Å². The van der Waals surface area contributed by atoms with Crippen molar-refractivity contribution >= 4 is 70.7 Å². The van der Waals surface area contributed by atoms with Gasteiger partial charge < -0.3 is 8.97 Å². The topological polar surface area (TPSA) is 82.6 Å². The molecule has 81 heavy (non-hydrogen) atoms. The maximum atomic E-state index is 4.60. The Morgan fingerprint density at radius 2 is 0.963 bits per heavy atom. The third kappa shape index (κ3) is 30.4. The Morgan fingerprint density at radius 1 is 0.444 bits per heavy atom. The van der Waals surface area contributed by atoms with Crippen molar-refractivity contribution in [3.05, 3.63) is 206 Å². The molecule has 12 rings (SSSR count). The van der Waals surface area contributed by atoms with E-state index in [1.54, 1.807) is 41.4 Å². The highest BCUT2D eigenvalue weighted by Crippen LogP contribution is 2.30. The number of aromatic nitrogens is 9. The molecule has 0 aliphatic rings. The van der Waals surface area contributed by atoms with Gasteiger partial charge in [0.25, 0.3) is 0 Å². The number of hydrogen-bond acceptors (Lipinski definition) is 7. The average Bonchev–Trinajstić information content (AvgIpc) is 4.44. The van der Waals surface area contributed by atoms with Crippen LogP contribution in [0.5, 0.6) is 0 Å². The second-order valence-electron chi connectivity index (χ2n) is 15.2. The van der Waals surface area contributed by atoms with Crippen LogP contribution in [0.3, 0.4) is 0 Å². The highest BCUT2D eigenvalue weighted by atomic mass is 32.1. The lowest BCUT2D eigenvalue weighted by Gasteiger charge is -2.13. The molecule has 0 fully saturated rings. The van der Waals surface area contributed by atoms with Gasteiger partial charge in [-0.3, -0.25) is 4.40 Å². The summed E-state index contributed by atoms with van der Waals surface area (Å²) in [4.78, 5) is 8.68. The molecule has 446 valence electrons. The number of fused-ring (bicyclic) bond motifs is 6. The molecule has 12 aromatic rings. The lowest BCUT2D eigenvalue weighted by molar-refractivity contribution is 0.587. The smallest absolute Gasteiger partial charge is 0.160 e. The summed E-state index contributed by atoms with van der Waals surface area (Å²) in [7, 11) is 0. The fourth-order valence-corrected chi connectivity index (χ4v) is 7.97. The van der Waals surface area contributed by atoms with Crippen LogP contribution in [0.15, 0.2) is 201 Å². The van der Waals surface area contributed by atoms with Crippen molar-refractivity contribution in [1.82, 2.24) is 43.1 Å². The first-order valence-electron chi connectivity index (χ1n) is 30.1. The van der Waals surface area contributed by atoms with Gasteiger partial charge in [-0.25, -0.2) is 14.5 Å². The molecule has 0 radical (unpaired) electrons. The Labute approximate surface area is 501 Å². The van der Waals surface area contributed by atoms with E-state index in [0.29, 0.717) is 6.04 Å². The number of hydrogen-bond donors (Lipinski definition) is 0. The average molecular weight is 1140 g/mol. The Bertz CT molecular complexity index is 2740. The fourth-order valence-electron chi connectivity index (χ4n) is 6.15. The maximum Gasteiger partial charge on any atom is 0.160 e. The van der Waals surface area contributed by atoms with Crippen LogP contribution in [-0.4, -0.2) is 43.1 Å². The fraction of sp³-hybridized carbons (Fsp3) is 0.386. The standard InChI is InChI=1S/C11H13NS.C11H13N.C8H6S.2C7H6N2.C6H5N3.10C2H6/c1-11(2,3)10-12-8-6-4-5-7-9(8)13-10;1-9(2)12-8-7-10-5-3-4-6-11(10)12;1-2-4-8-7(3-1)5-6-9-8;1-2-6-9-7(3-1)4-5-8-9;1-2-5-9-6-4-8-7(9)3-1;1-2-4-9-5-7-8-6(9)3-1;10*1-2/h4-7H,1-3H3;3-9H,1-2H3;3*1-6H;1-5H;10*1-2H3. The number of benzene rings is 3. The molecule has 9 heterocycles. The Hall–Kier alpha value is -6.95. The largest absolute Gasteiger partial charge is 0.345 e.